The molecular weight excluding hydrogens is 432 g/mol. The van der Waals surface area contributed by atoms with Gasteiger partial charge in [-0.1, -0.05) is 15.9 Å². The van der Waals surface area contributed by atoms with Crippen LogP contribution in [-0.2, 0) is 16.1 Å². The van der Waals surface area contributed by atoms with Crippen LogP contribution in [-0.4, -0.2) is 22.6 Å². The Morgan fingerprint density at radius 3 is 2.62 bits per heavy atom. The Labute approximate surface area is 180 Å². The molecule has 0 saturated heterocycles. The average molecular weight is 459 g/mol. The summed E-state index contributed by atoms with van der Waals surface area (Å²) in [5.74, 6) is 0.278. The molecule has 3 aromatic rings. The van der Waals surface area contributed by atoms with Crippen molar-refractivity contribution in [3.05, 3.63) is 46.7 Å². The number of aryl methyl sites for hydroxylation is 1. The van der Waals surface area contributed by atoms with Crippen LogP contribution in [0.1, 0.15) is 46.4 Å². The van der Waals surface area contributed by atoms with E-state index < -0.39 is 5.41 Å². The minimum Gasteiger partial charge on any atom is -0.423 e. The number of carbonyl (C=O) groups excluding carboxylic acids is 1. The fourth-order valence-corrected chi connectivity index (χ4v) is 3.66. The molecule has 2 heterocycles. The Bertz CT molecular complexity index is 1050. The molecule has 1 aromatic carbocycles. The van der Waals surface area contributed by atoms with Crippen LogP contribution in [0.2, 0.25) is 0 Å². The number of halogens is 1. The van der Waals surface area contributed by atoms with Crippen LogP contribution in [0.3, 0.4) is 0 Å². The van der Waals surface area contributed by atoms with Crippen molar-refractivity contribution in [1.29, 1.82) is 0 Å². The Kier molecular flexibility index (Phi) is 6.15. The van der Waals surface area contributed by atoms with E-state index in [0.717, 1.165) is 38.9 Å². The van der Waals surface area contributed by atoms with E-state index in [-0.39, 0.29) is 12.1 Å². The number of fused-ring (bicyclic) bond motifs is 1. The summed E-state index contributed by atoms with van der Waals surface area (Å²) in [5.41, 5.74) is 2.92. The number of aromatic nitrogens is 2. The summed E-state index contributed by atoms with van der Waals surface area (Å²) < 4.78 is 14.7. The van der Waals surface area contributed by atoms with Gasteiger partial charge in [0.2, 0.25) is 0 Å². The van der Waals surface area contributed by atoms with Gasteiger partial charge in [0.1, 0.15) is 0 Å². The van der Waals surface area contributed by atoms with Gasteiger partial charge in [-0.2, -0.15) is 0 Å². The quantitative estimate of drug-likeness (QED) is 0.430. The fraction of sp³-hybridized carbons (Fsp3) is 0.391. The predicted octanol–water partition coefficient (Wildman–Crippen LogP) is 6.14. The van der Waals surface area contributed by atoms with Gasteiger partial charge < -0.3 is 14.0 Å². The Morgan fingerprint density at radius 2 is 2.00 bits per heavy atom. The van der Waals surface area contributed by atoms with Gasteiger partial charge in [0, 0.05) is 35.3 Å². The molecule has 0 bridgehead atoms. The third kappa shape index (κ3) is 4.09. The van der Waals surface area contributed by atoms with E-state index in [4.69, 9.17) is 9.47 Å². The molecular formula is C23H27BrN2O3. The number of ether oxygens (including phenoxy) is 2. The molecule has 0 aliphatic rings. The summed E-state index contributed by atoms with van der Waals surface area (Å²) in [5, 5.41) is 0.883. The number of pyridine rings is 1. The normalized spacial score (nSPS) is 12.9. The second-order valence-corrected chi connectivity index (χ2v) is 8.95. The van der Waals surface area contributed by atoms with Crippen LogP contribution in [0.5, 0.6) is 5.75 Å². The summed E-state index contributed by atoms with van der Waals surface area (Å²) in [6.45, 7) is 10.3. The topological polar surface area (TPSA) is 53.4 Å². The highest BCUT2D eigenvalue weighted by Gasteiger charge is 2.29. The number of benzene rings is 1. The first-order valence-corrected chi connectivity index (χ1v) is 10.5. The third-order valence-corrected chi connectivity index (χ3v) is 5.43. The van der Waals surface area contributed by atoms with E-state index >= 15 is 0 Å². The van der Waals surface area contributed by atoms with Crippen LogP contribution in [0.15, 0.2) is 41.0 Å². The van der Waals surface area contributed by atoms with Crippen molar-refractivity contribution in [2.24, 2.45) is 5.41 Å². The SMILES string of the molecule is CCn1c(-c2cccnc2[C@H](C)OC)c(OC(=O)C(C)(C)C)c2cc(Br)ccc21. The lowest BCUT2D eigenvalue weighted by atomic mass is 9.97. The maximum Gasteiger partial charge on any atom is 0.316 e. The highest BCUT2D eigenvalue weighted by Crippen LogP contribution is 2.43. The summed E-state index contributed by atoms with van der Waals surface area (Å²) in [4.78, 5) is 17.4. The molecule has 0 radical (unpaired) electrons. The van der Waals surface area contributed by atoms with Crippen LogP contribution < -0.4 is 4.74 Å². The smallest absolute Gasteiger partial charge is 0.316 e. The van der Waals surface area contributed by atoms with Gasteiger partial charge >= 0.3 is 5.97 Å². The molecule has 5 nitrogen and oxygen atoms in total. The lowest BCUT2D eigenvalue weighted by Gasteiger charge is -2.19. The largest absolute Gasteiger partial charge is 0.423 e. The average Bonchev–Trinajstić information content (AvgIpc) is 2.99. The molecule has 0 aliphatic carbocycles. The van der Waals surface area contributed by atoms with Crippen LogP contribution >= 0.6 is 15.9 Å². The molecule has 1 atom stereocenters. The van der Waals surface area contributed by atoms with Crippen molar-refractivity contribution in [3.8, 4) is 17.0 Å². The van der Waals surface area contributed by atoms with Gasteiger partial charge in [-0.05, 0) is 65.0 Å². The summed E-state index contributed by atoms with van der Waals surface area (Å²) >= 11 is 3.55. The first-order chi connectivity index (χ1) is 13.7. The molecule has 29 heavy (non-hydrogen) atoms. The molecule has 6 heteroatoms. The summed E-state index contributed by atoms with van der Waals surface area (Å²) in [6.07, 6.45) is 1.55. The fourth-order valence-electron chi connectivity index (χ4n) is 3.29. The van der Waals surface area contributed by atoms with Crippen molar-refractivity contribution in [2.45, 2.75) is 47.3 Å². The number of nitrogens with zero attached hydrogens (tertiary/aromatic N) is 2. The highest BCUT2D eigenvalue weighted by atomic mass is 79.9. The van der Waals surface area contributed by atoms with Crippen molar-refractivity contribution < 1.29 is 14.3 Å². The number of methoxy groups -OCH3 is 1. The lowest BCUT2D eigenvalue weighted by Crippen LogP contribution is -2.25. The van der Waals surface area contributed by atoms with E-state index in [9.17, 15) is 4.79 Å². The number of hydrogen-bond acceptors (Lipinski definition) is 4. The third-order valence-electron chi connectivity index (χ3n) is 4.93. The minimum absolute atomic E-state index is 0.201. The Morgan fingerprint density at radius 1 is 1.28 bits per heavy atom. The zero-order valence-electron chi connectivity index (χ0n) is 17.7. The standard InChI is InChI=1S/C23H27BrN2O3/c1-7-26-18-11-10-15(24)13-17(18)21(29-22(27)23(3,4)5)20(26)16-9-8-12-25-19(16)14(2)28-6/h8-14H,7H2,1-6H3/t14-/m0/s1. The van der Waals surface area contributed by atoms with Crippen molar-refractivity contribution in [3.63, 3.8) is 0 Å². The van der Waals surface area contributed by atoms with Crippen LogP contribution in [0.25, 0.3) is 22.2 Å². The van der Waals surface area contributed by atoms with Gasteiger partial charge in [-0.15, -0.1) is 0 Å². The highest BCUT2D eigenvalue weighted by molar-refractivity contribution is 9.10. The zero-order valence-corrected chi connectivity index (χ0v) is 19.3. The summed E-state index contributed by atoms with van der Waals surface area (Å²) in [6, 6.07) is 9.92. The zero-order chi connectivity index (χ0) is 21.3. The van der Waals surface area contributed by atoms with Crippen LogP contribution in [0.4, 0.5) is 0 Å². The Balaban J connectivity index is 2.37. The van der Waals surface area contributed by atoms with E-state index in [0.29, 0.717) is 5.75 Å². The van der Waals surface area contributed by atoms with Gasteiger partial charge in [0.25, 0.3) is 0 Å². The molecule has 2 aromatic heterocycles. The molecule has 0 aliphatic heterocycles. The first kappa shape index (κ1) is 21.5. The summed E-state index contributed by atoms with van der Waals surface area (Å²) in [7, 11) is 1.66. The van der Waals surface area contributed by atoms with Crippen molar-refractivity contribution >= 4 is 32.8 Å². The Hall–Kier alpha value is -2.18. The van der Waals surface area contributed by atoms with Crippen LogP contribution in [0, 0.1) is 5.41 Å². The molecule has 0 spiro atoms. The molecule has 154 valence electrons. The number of rotatable bonds is 5. The maximum atomic E-state index is 12.8. The number of carbonyl (C=O) groups is 1. The van der Waals surface area contributed by atoms with Gasteiger partial charge in [0.05, 0.1) is 28.4 Å². The van der Waals surface area contributed by atoms with Crippen molar-refractivity contribution in [2.75, 3.05) is 7.11 Å². The second kappa shape index (κ2) is 8.28. The maximum absolute atomic E-state index is 12.8. The van der Waals surface area contributed by atoms with Gasteiger partial charge in [-0.3, -0.25) is 9.78 Å². The second-order valence-electron chi connectivity index (χ2n) is 8.04. The van der Waals surface area contributed by atoms with E-state index in [2.05, 4.69) is 32.4 Å². The monoisotopic (exact) mass is 458 g/mol. The molecule has 3 rings (SSSR count). The van der Waals surface area contributed by atoms with Gasteiger partial charge in [-0.25, -0.2) is 0 Å². The van der Waals surface area contributed by atoms with E-state index in [1.165, 1.54) is 0 Å². The minimum atomic E-state index is -0.624. The molecule has 0 unspecified atom stereocenters. The number of esters is 1. The molecule has 0 amide bonds. The van der Waals surface area contributed by atoms with Crippen molar-refractivity contribution in [1.82, 2.24) is 9.55 Å². The molecule has 0 fully saturated rings. The predicted molar refractivity (Wildman–Crippen MR) is 119 cm³/mol. The first-order valence-electron chi connectivity index (χ1n) is 9.71. The van der Waals surface area contributed by atoms with E-state index in [1.807, 2.05) is 58.0 Å². The lowest BCUT2D eigenvalue weighted by molar-refractivity contribution is -0.142. The molecule has 0 saturated carbocycles. The number of hydrogen-bond donors (Lipinski definition) is 0. The molecule has 0 N–H and O–H groups in total. The van der Waals surface area contributed by atoms with E-state index in [1.54, 1.807) is 13.3 Å². The van der Waals surface area contributed by atoms with Gasteiger partial charge in [0.15, 0.2) is 5.75 Å².